The molecule has 1 aliphatic carbocycles. The van der Waals surface area contributed by atoms with E-state index in [1.165, 1.54) is 11.3 Å². The molecule has 6 heteroatoms. The zero-order chi connectivity index (χ0) is 19.4. The molecule has 1 aliphatic heterocycles. The molecule has 0 unspecified atom stereocenters. The molecule has 0 bridgehead atoms. The van der Waals surface area contributed by atoms with Crippen molar-refractivity contribution in [1.29, 1.82) is 0 Å². The van der Waals surface area contributed by atoms with E-state index >= 15 is 0 Å². The third-order valence-electron chi connectivity index (χ3n) is 4.98. The van der Waals surface area contributed by atoms with Crippen LogP contribution in [0.15, 0.2) is 80.9 Å². The minimum atomic E-state index is -0.127. The van der Waals surface area contributed by atoms with Gasteiger partial charge in [0, 0.05) is 4.90 Å². The molecule has 2 aromatic carbocycles. The highest BCUT2D eigenvalue weighted by atomic mass is 32.2. The molecule has 2 N–H and O–H groups in total. The Bertz CT molecular complexity index is 1200. The summed E-state index contributed by atoms with van der Waals surface area (Å²) in [5.74, 6) is -0.0669. The number of aromatic nitrogens is 1. The van der Waals surface area contributed by atoms with Crippen LogP contribution in [0.5, 0.6) is 0 Å². The van der Waals surface area contributed by atoms with Gasteiger partial charge in [-0.3, -0.25) is 4.79 Å². The van der Waals surface area contributed by atoms with Gasteiger partial charge in [0.25, 0.3) is 0 Å². The van der Waals surface area contributed by atoms with Gasteiger partial charge < -0.3 is 10.4 Å². The number of rotatable bonds is 2. The topological polar surface area (TPSA) is 62.2 Å². The lowest BCUT2D eigenvalue weighted by Gasteiger charge is -2.24. The summed E-state index contributed by atoms with van der Waals surface area (Å²) in [6.07, 6.45) is 0. The fraction of sp³-hybridized carbons (Fsp3) is 0.0909. The first-order valence-corrected chi connectivity index (χ1v) is 10.5. The van der Waals surface area contributed by atoms with E-state index in [-0.39, 0.29) is 11.5 Å². The monoisotopic (exact) mass is 404 g/mol. The van der Waals surface area contributed by atoms with Gasteiger partial charge in [-0.15, -0.1) is 11.3 Å². The number of nitrogens with one attached hydrogen (secondary N) is 1. The number of thioether (sulfide) groups is 1. The number of aliphatic hydroxyl groups is 1. The van der Waals surface area contributed by atoms with Gasteiger partial charge in [-0.1, -0.05) is 36.0 Å². The standard InChI is InChI=1S/C22H16N2O2S2/c1-11(21-23-13-7-3-5-9-15(13)27-21)17-19(25)18(20(17)26)12(2)22-24-14-8-4-6-10-16(14)28-22/h3-10,23,25H,1-2H3/b18-12-,21-11-. The van der Waals surface area contributed by atoms with Gasteiger partial charge in [0.15, 0.2) is 0 Å². The quantitative estimate of drug-likeness (QED) is 0.520. The van der Waals surface area contributed by atoms with E-state index in [0.29, 0.717) is 11.1 Å². The van der Waals surface area contributed by atoms with Crippen molar-refractivity contribution in [2.75, 3.05) is 5.32 Å². The fourth-order valence-electron chi connectivity index (χ4n) is 3.44. The molecule has 0 amide bonds. The molecule has 0 saturated carbocycles. The summed E-state index contributed by atoms with van der Waals surface area (Å²) in [7, 11) is 0. The van der Waals surface area contributed by atoms with Crippen LogP contribution in [0.4, 0.5) is 5.69 Å². The van der Waals surface area contributed by atoms with Crippen molar-refractivity contribution in [2.45, 2.75) is 18.7 Å². The summed E-state index contributed by atoms with van der Waals surface area (Å²) >= 11 is 3.11. The van der Waals surface area contributed by atoms with E-state index in [2.05, 4.69) is 10.3 Å². The average Bonchev–Trinajstić information content (AvgIpc) is 3.32. The van der Waals surface area contributed by atoms with Gasteiger partial charge in [0.05, 0.1) is 32.1 Å². The number of thiazole rings is 1. The molecule has 2 heterocycles. The van der Waals surface area contributed by atoms with Crippen molar-refractivity contribution in [3.8, 4) is 0 Å². The van der Waals surface area contributed by atoms with Crippen LogP contribution in [0.1, 0.15) is 18.9 Å². The third-order valence-corrected chi connectivity index (χ3v) is 7.32. The summed E-state index contributed by atoms with van der Waals surface area (Å²) < 4.78 is 1.07. The largest absolute Gasteiger partial charge is 0.506 e. The van der Waals surface area contributed by atoms with Crippen LogP contribution >= 0.6 is 23.1 Å². The SMILES string of the molecule is C/C(C1=C(O)/C(=C(\C)c2nc3ccccc3s2)C1=O)=C1\Nc2ccccc2S1. The Hall–Kier alpha value is -2.83. The van der Waals surface area contributed by atoms with E-state index in [0.717, 1.165) is 42.0 Å². The number of hydrogen-bond donors (Lipinski definition) is 2. The van der Waals surface area contributed by atoms with E-state index in [1.54, 1.807) is 11.8 Å². The van der Waals surface area contributed by atoms with Gasteiger partial charge in [0.1, 0.15) is 10.8 Å². The summed E-state index contributed by atoms with van der Waals surface area (Å²) in [6, 6.07) is 15.9. The van der Waals surface area contributed by atoms with E-state index in [9.17, 15) is 9.90 Å². The predicted octanol–water partition coefficient (Wildman–Crippen LogP) is 5.91. The Balaban J connectivity index is 1.54. The molecule has 4 nitrogen and oxygen atoms in total. The molecule has 0 fully saturated rings. The first-order valence-electron chi connectivity index (χ1n) is 8.85. The predicted molar refractivity (Wildman–Crippen MR) is 115 cm³/mol. The highest BCUT2D eigenvalue weighted by Gasteiger charge is 2.38. The van der Waals surface area contributed by atoms with Crippen LogP contribution in [-0.4, -0.2) is 15.9 Å². The van der Waals surface area contributed by atoms with Crippen LogP contribution in [-0.2, 0) is 4.79 Å². The van der Waals surface area contributed by atoms with Gasteiger partial charge in [-0.05, 0) is 49.3 Å². The molecule has 0 spiro atoms. The van der Waals surface area contributed by atoms with Gasteiger partial charge >= 0.3 is 0 Å². The molecule has 2 aliphatic rings. The van der Waals surface area contributed by atoms with Crippen molar-refractivity contribution in [1.82, 2.24) is 4.98 Å². The van der Waals surface area contributed by atoms with Crippen LogP contribution < -0.4 is 5.32 Å². The zero-order valence-electron chi connectivity index (χ0n) is 15.2. The zero-order valence-corrected chi connectivity index (χ0v) is 16.9. The smallest absolute Gasteiger partial charge is 0.201 e. The number of Topliss-reactive ketones (excluding diaryl/α,β-unsaturated/α-hetero) is 1. The third kappa shape index (κ3) is 2.52. The number of para-hydroxylation sites is 2. The number of anilines is 1. The van der Waals surface area contributed by atoms with Crippen LogP contribution in [0.3, 0.4) is 0 Å². The second kappa shape index (κ2) is 6.36. The number of allylic oxidation sites excluding steroid dienone is 4. The van der Waals surface area contributed by atoms with Crippen molar-refractivity contribution >= 4 is 50.4 Å². The van der Waals surface area contributed by atoms with Gasteiger partial charge in [-0.2, -0.15) is 0 Å². The van der Waals surface area contributed by atoms with Crippen LogP contribution in [0, 0.1) is 0 Å². The highest BCUT2D eigenvalue weighted by molar-refractivity contribution is 8.03. The summed E-state index contributed by atoms with van der Waals surface area (Å²) in [5.41, 5.74) is 4.17. The molecule has 1 aromatic heterocycles. The van der Waals surface area contributed by atoms with Crippen molar-refractivity contribution in [3.05, 3.63) is 81.0 Å². The Morgan fingerprint density at radius 1 is 1.04 bits per heavy atom. The number of fused-ring (bicyclic) bond motifs is 2. The van der Waals surface area contributed by atoms with Crippen LogP contribution in [0.2, 0.25) is 0 Å². The van der Waals surface area contributed by atoms with E-state index < -0.39 is 0 Å². The minimum absolute atomic E-state index is 0.0603. The Kier molecular flexibility index (Phi) is 3.92. The maximum atomic E-state index is 12.9. The number of ketones is 1. The molecule has 138 valence electrons. The summed E-state index contributed by atoms with van der Waals surface area (Å²) in [6.45, 7) is 3.72. The van der Waals surface area contributed by atoms with E-state index in [4.69, 9.17) is 0 Å². The van der Waals surface area contributed by atoms with Crippen molar-refractivity contribution < 1.29 is 9.90 Å². The second-order valence-electron chi connectivity index (χ2n) is 6.72. The molecule has 0 radical (unpaired) electrons. The second-order valence-corrected chi connectivity index (χ2v) is 8.80. The fourth-order valence-corrected chi connectivity index (χ4v) is 5.42. The highest BCUT2D eigenvalue weighted by Crippen LogP contribution is 2.46. The maximum absolute atomic E-state index is 12.9. The molecular weight excluding hydrogens is 388 g/mol. The van der Waals surface area contributed by atoms with Crippen molar-refractivity contribution in [2.24, 2.45) is 0 Å². The Morgan fingerprint density at radius 3 is 2.54 bits per heavy atom. The molecule has 0 saturated heterocycles. The number of aliphatic hydroxyl groups excluding tert-OH is 1. The lowest BCUT2D eigenvalue weighted by atomic mass is 9.81. The summed E-state index contributed by atoms with van der Waals surface area (Å²) in [4.78, 5) is 18.6. The van der Waals surface area contributed by atoms with Gasteiger partial charge in [0.2, 0.25) is 5.78 Å². The average molecular weight is 405 g/mol. The number of carbonyl (C=O) groups is 1. The minimum Gasteiger partial charge on any atom is -0.506 e. The lowest BCUT2D eigenvalue weighted by molar-refractivity contribution is -0.113. The molecule has 5 rings (SSSR count). The van der Waals surface area contributed by atoms with Crippen LogP contribution in [0.25, 0.3) is 15.8 Å². The molecular formula is C22H16N2O2S2. The molecule has 0 atom stereocenters. The number of nitrogens with zero attached hydrogens (tertiary/aromatic N) is 1. The first-order chi connectivity index (χ1) is 13.5. The van der Waals surface area contributed by atoms with E-state index in [1.807, 2.05) is 62.4 Å². The number of benzene rings is 2. The molecule has 28 heavy (non-hydrogen) atoms. The van der Waals surface area contributed by atoms with Gasteiger partial charge in [-0.25, -0.2) is 4.98 Å². The van der Waals surface area contributed by atoms with Crippen molar-refractivity contribution in [3.63, 3.8) is 0 Å². The first kappa shape index (κ1) is 17.3. The number of hydrogen-bond acceptors (Lipinski definition) is 6. The maximum Gasteiger partial charge on any atom is 0.201 e. The normalized spacial score (nSPS) is 19.4. The number of carbonyl (C=O) groups excluding carboxylic acids is 1. The Labute approximate surface area is 170 Å². The Morgan fingerprint density at radius 2 is 1.79 bits per heavy atom. The lowest BCUT2D eigenvalue weighted by Crippen LogP contribution is -2.25. The molecule has 3 aromatic rings. The summed E-state index contributed by atoms with van der Waals surface area (Å²) in [5, 5.41) is 15.7.